The molecule has 0 amide bonds. The van der Waals surface area contributed by atoms with Crippen LogP contribution in [0.2, 0.25) is 0 Å². The molecule has 1 N–H and O–H groups in total. The summed E-state index contributed by atoms with van der Waals surface area (Å²) in [5, 5.41) is 8.99. The highest BCUT2D eigenvalue weighted by atomic mass is 32.2. The lowest BCUT2D eigenvalue weighted by Crippen LogP contribution is -2.26. The minimum absolute atomic E-state index is 0.0267. The van der Waals surface area contributed by atoms with Crippen LogP contribution in [0.5, 0.6) is 0 Å². The highest BCUT2D eigenvalue weighted by molar-refractivity contribution is 7.89. The highest BCUT2D eigenvalue weighted by Crippen LogP contribution is 2.14. The Bertz CT molecular complexity index is 775. The molecule has 2 aromatic rings. The second-order valence-electron chi connectivity index (χ2n) is 4.93. The molecule has 22 heavy (non-hydrogen) atoms. The minimum atomic E-state index is -3.66. The molecule has 0 atom stereocenters. The molecule has 0 heterocycles. The van der Waals surface area contributed by atoms with Crippen LogP contribution in [0.1, 0.15) is 23.6 Å². The standard InChI is InChI=1S/C17H18N2O2S/c1-2-14-7-9-15(10-8-14)11-12-19-22(20,21)17-6-4-3-5-16(17)13-18/h3-10,19H,2,11-12H2,1H3. The van der Waals surface area contributed by atoms with E-state index >= 15 is 0 Å². The molecule has 0 aliphatic carbocycles. The van der Waals surface area contributed by atoms with Crippen molar-refractivity contribution in [3.63, 3.8) is 0 Å². The summed E-state index contributed by atoms with van der Waals surface area (Å²) in [5.74, 6) is 0. The molecule has 0 aromatic heterocycles. The molecule has 0 bridgehead atoms. The van der Waals surface area contributed by atoms with E-state index < -0.39 is 10.0 Å². The van der Waals surface area contributed by atoms with Crippen LogP contribution in [0.15, 0.2) is 53.4 Å². The lowest BCUT2D eigenvalue weighted by atomic mass is 10.1. The van der Waals surface area contributed by atoms with Crippen molar-refractivity contribution >= 4 is 10.0 Å². The van der Waals surface area contributed by atoms with E-state index in [2.05, 4.69) is 23.8 Å². The summed E-state index contributed by atoms with van der Waals surface area (Å²) in [6, 6.07) is 16.2. The van der Waals surface area contributed by atoms with Crippen LogP contribution in [0.3, 0.4) is 0 Å². The highest BCUT2D eigenvalue weighted by Gasteiger charge is 2.17. The van der Waals surface area contributed by atoms with Gasteiger partial charge in [0.05, 0.1) is 10.5 Å². The monoisotopic (exact) mass is 314 g/mol. The van der Waals surface area contributed by atoms with Crippen molar-refractivity contribution in [1.29, 1.82) is 5.26 Å². The zero-order chi connectivity index (χ0) is 16.0. The third-order valence-corrected chi connectivity index (χ3v) is 4.95. The fourth-order valence-corrected chi connectivity index (χ4v) is 3.33. The Balaban J connectivity index is 2.02. The maximum atomic E-state index is 12.2. The fourth-order valence-electron chi connectivity index (χ4n) is 2.14. The van der Waals surface area contributed by atoms with Gasteiger partial charge < -0.3 is 0 Å². The number of nitrogens with zero attached hydrogens (tertiary/aromatic N) is 1. The van der Waals surface area contributed by atoms with Gasteiger partial charge in [-0.05, 0) is 36.1 Å². The van der Waals surface area contributed by atoms with E-state index in [0.29, 0.717) is 13.0 Å². The summed E-state index contributed by atoms with van der Waals surface area (Å²) in [5.41, 5.74) is 2.49. The van der Waals surface area contributed by atoms with Gasteiger partial charge in [0.2, 0.25) is 10.0 Å². The topological polar surface area (TPSA) is 70.0 Å². The number of hydrogen-bond acceptors (Lipinski definition) is 3. The van der Waals surface area contributed by atoms with Gasteiger partial charge in [0, 0.05) is 6.54 Å². The van der Waals surface area contributed by atoms with Gasteiger partial charge >= 0.3 is 0 Å². The molecule has 5 heteroatoms. The van der Waals surface area contributed by atoms with Crippen molar-refractivity contribution < 1.29 is 8.42 Å². The minimum Gasteiger partial charge on any atom is -0.211 e. The van der Waals surface area contributed by atoms with Gasteiger partial charge in [-0.2, -0.15) is 5.26 Å². The summed E-state index contributed by atoms with van der Waals surface area (Å²) in [6.45, 7) is 2.39. The largest absolute Gasteiger partial charge is 0.241 e. The Morgan fingerprint density at radius 1 is 1.05 bits per heavy atom. The number of nitriles is 1. The Labute approximate surface area is 131 Å². The van der Waals surface area contributed by atoms with Gasteiger partial charge in [-0.25, -0.2) is 13.1 Å². The Morgan fingerprint density at radius 2 is 1.68 bits per heavy atom. The number of benzene rings is 2. The van der Waals surface area contributed by atoms with Crippen LogP contribution < -0.4 is 4.72 Å². The Morgan fingerprint density at radius 3 is 2.32 bits per heavy atom. The maximum Gasteiger partial charge on any atom is 0.241 e. The molecule has 0 spiro atoms. The third-order valence-electron chi connectivity index (χ3n) is 3.43. The van der Waals surface area contributed by atoms with Gasteiger partial charge in [-0.3, -0.25) is 0 Å². The van der Waals surface area contributed by atoms with E-state index in [-0.39, 0.29) is 10.5 Å². The molecular weight excluding hydrogens is 296 g/mol. The molecule has 0 saturated carbocycles. The van der Waals surface area contributed by atoms with Crippen molar-refractivity contribution in [2.45, 2.75) is 24.7 Å². The van der Waals surface area contributed by atoms with E-state index in [1.54, 1.807) is 12.1 Å². The molecule has 0 aliphatic rings. The van der Waals surface area contributed by atoms with Gasteiger partial charge in [0.25, 0.3) is 0 Å². The zero-order valence-electron chi connectivity index (χ0n) is 12.4. The van der Waals surface area contributed by atoms with Crippen molar-refractivity contribution in [3.8, 4) is 6.07 Å². The van der Waals surface area contributed by atoms with Crippen LogP contribution >= 0.6 is 0 Å². The molecule has 0 aliphatic heterocycles. The summed E-state index contributed by atoms with van der Waals surface area (Å²) in [6.07, 6.45) is 1.59. The lowest BCUT2D eigenvalue weighted by Gasteiger charge is -2.08. The molecule has 4 nitrogen and oxygen atoms in total. The number of sulfonamides is 1. The van der Waals surface area contributed by atoms with Crippen LogP contribution in [-0.4, -0.2) is 15.0 Å². The second kappa shape index (κ2) is 7.21. The third kappa shape index (κ3) is 3.94. The molecule has 114 valence electrons. The second-order valence-corrected chi connectivity index (χ2v) is 6.66. The summed E-state index contributed by atoms with van der Waals surface area (Å²) < 4.78 is 27.0. The van der Waals surface area contributed by atoms with E-state index in [0.717, 1.165) is 12.0 Å². The Hall–Kier alpha value is -2.16. The van der Waals surface area contributed by atoms with E-state index in [1.165, 1.54) is 17.7 Å². The molecule has 2 rings (SSSR count). The first kappa shape index (κ1) is 16.2. The van der Waals surface area contributed by atoms with Gasteiger partial charge in [-0.15, -0.1) is 0 Å². The van der Waals surface area contributed by atoms with E-state index in [4.69, 9.17) is 5.26 Å². The lowest BCUT2D eigenvalue weighted by molar-refractivity contribution is 0.581. The maximum absolute atomic E-state index is 12.2. The first-order valence-corrected chi connectivity index (χ1v) is 8.61. The Kier molecular flexibility index (Phi) is 5.31. The van der Waals surface area contributed by atoms with Crippen LogP contribution in [0.25, 0.3) is 0 Å². The number of hydrogen-bond donors (Lipinski definition) is 1. The van der Waals surface area contributed by atoms with Crippen LogP contribution in [-0.2, 0) is 22.9 Å². The smallest absolute Gasteiger partial charge is 0.211 e. The number of nitrogens with one attached hydrogen (secondary N) is 1. The predicted octanol–water partition coefficient (Wildman–Crippen LogP) is 2.64. The molecular formula is C17H18N2O2S. The van der Waals surface area contributed by atoms with E-state index in [9.17, 15) is 8.42 Å². The fraction of sp³-hybridized carbons (Fsp3) is 0.235. The quantitative estimate of drug-likeness (QED) is 0.891. The number of aryl methyl sites for hydroxylation is 1. The average molecular weight is 314 g/mol. The van der Waals surface area contributed by atoms with Crippen molar-refractivity contribution in [1.82, 2.24) is 4.72 Å². The van der Waals surface area contributed by atoms with Crippen molar-refractivity contribution in [3.05, 3.63) is 65.2 Å². The van der Waals surface area contributed by atoms with Crippen LogP contribution in [0.4, 0.5) is 0 Å². The van der Waals surface area contributed by atoms with Crippen LogP contribution in [0, 0.1) is 11.3 Å². The number of rotatable bonds is 6. The van der Waals surface area contributed by atoms with Gasteiger partial charge in [0.1, 0.15) is 6.07 Å². The summed E-state index contributed by atoms with van der Waals surface area (Å²) in [7, 11) is -3.66. The zero-order valence-corrected chi connectivity index (χ0v) is 13.2. The first-order valence-electron chi connectivity index (χ1n) is 7.13. The average Bonchev–Trinajstić information content (AvgIpc) is 2.55. The molecule has 0 unspecified atom stereocenters. The van der Waals surface area contributed by atoms with E-state index in [1.807, 2.05) is 18.2 Å². The predicted molar refractivity (Wildman–Crippen MR) is 85.9 cm³/mol. The van der Waals surface area contributed by atoms with Gasteiger partial charge in [0.15, 0.2) is 0 Å². The molecule has 0 saturated heterocycles. The molecule has 2 aromatic carbocycles. The SMILES string of the molecule is CCc1ccc(CCNS(=O)(=O)c2ccccc2C#N)cc1. The van der Waals surface area contributed by atoms with Gasteiger partial charge in [-0.1, -0.05) is 43.3 Å². The summed E-state index contributed by atoms with van der Waals surface area (Å²) >= 11 is 0. The summed E-state index contributed by atoms with van der Waals surface area (Å²) in [4.78, 5) is 0.0267. The molecule has 0 fully saturated rings. The van der Waals surface area contributed by atoms with Crippen molar-refractivity contribution in [2.75, 3.05) is 6.54 Å². The molecule has 0 radical (unpaired) electrons. The normalized spacial score (nSPS) is 11.1. The first-order chi connectivity index (χ1) is 10.6. The van der Waals surface area contributed by atoms with Crippen molar-refractivity contribution in [2.24, 2.45) is 0 Å².